The van der Waals surface area contributed by atoms with Gasteiger partial charge in [-0.15, -0.1) is 0 Å². The molecule has 1 heterocycles. The summed E-state index contributed by atoms with van der Waals surface area (Å²) in [4.78, 5) is 26.2. The van der Waals surface area contributed by atoms with Gasteiger partial charge in [-0.1, -0.05) is 25.4 Å². The molecule has 0 atom stereocenters. The molecule has 1 saturated carbocycles. The number of aromatic amines is 1. The van der Waals surface area contributed by atoms with E-state index in [0.717, 1.165) is 12.8 Å². The van der Waals surface area contributed by atoms with E-state index in [9.17, 15) is 9.59 Å². The van der Waals surface area contributed by atoms with Gasteiger partial charge in [0.1, 0.15) is 5.15 Å². The second kappa shape index (κ2) is 3.77. The summed E-state index contributed by atoms with van der Waals surface area (Å²) in [6.07, 6.45) is 2.68. The van der Waals surface area contributed by atoms with E-state index in [0.29, 0.717) is 18.5 Å². The van der Waals surface area contributed by atoms with Crippen LogP contribution in [0.25, 0.3) is 0 Å². The first kappa shape index (κ1) is 11.5. The lowest BCUT2D eigenvalue weighted by molar-refractivity contribution is 0.438. The predicted molar refractivity (Wildman–Crippen MR) is 63.1 cm³/mol. The smallest absolute Gasteiger partial charge is 0.297 e. The Balaban J connectivity index is 2.52. The molecule has 1 aromatic heterocycles. The molecule has 0 unspecified atom stereocenters. The number of hydrogen-bond donors (Lipinski definition) is 1. The van der Waals surface area contributed by atoms with Gasteiger partial charge in [0, 0.05) is 6.54 Å². The van der Waals surface area contributed by atoms with Crippen LogP contribution < -0.4 is 11.2 Å². The van der Waals surface area contributed by atoms with Crippen LogP contribution in [0.3, 0.4) is 0 Å². The van der Waals surface area contributed by atoms with E-state index in [1.54, 1.807) is 0 Å². The van der Waals surface area contributed by atoms with Crippen molar-refractivity contribution in [2.24, 2.45) is 5.41 Å². The van der Waals surface area contributed by atoms with Crippen molar-refractivity contribution >= 4 is 11.6 Å². The number of nitrogens with one attached hydrogen (secondary N) is 1. The first-order valence-electron chi connectivity index (χ1n) is 5.48. The van der Waals surface area contributed by atoms with Crippen LogP contribution in [0.2, 0.25) is 5.15 Å². The van der Waals surface area contributed by atoms with Crippen molar-refractivity contribution < 1.29 is 0 Å². The zero-order valence-corrected chi connectivity index (χ0v) is 10.2. The summed E-state index contributed by atoms with van der Waals surface area (Å²) < 4.78 is 1.28. The monoisotopic (exact) mass is 242 g/mol. The SMILES string of the molecule is CCc1c(Cl)[nH]c(=O)n(CC2(C)CC2)c1=O. The van der Waals surface area contributed by atoms with Gasteiger partial charge < -0.3 is 0 Å². The summed E-state index contributed by atoms with van der Waals surface area (Å²) in [6.45, 7) is 4.43. The summed E-state index contributed by atoms with van der Waals surface area (Å²) in [6, 6.07) is 0. The largest absolute Gasteiger partial charge is 0.329 e. The van der Waals surface area contributed by atoms with Crippen molar-refractivity contribution in [1.29, 1.82) is 0 Å². The van der Waals surface area contributed by atoms with Crippen molar-refractivity contribution in [2.45, 2.75) is 39.7 Å². The lowest BCUT2D eigenvalue weighted by atomic mass is 10.1. The lowest BCUT2D eigenvalue weighted by Crippen LogP contribution is -2.39. The fraction of sp³-hybridized carbons (Fsp3) is 0.636. The van der Waals surface area contributed by atoms with Crippen LogP contribution >= 0.6 is 11.6 Å². The molecular weight excluding hydrogens is 228 g/mol. The van der Waals surface area contributed by atoms with Crippen molar-refractivity contribution in [2.75, 3.05) is 0 Å². The van der Waals surface area contributed by atoms with E-state index in [1.807, 2.05) is 6.92 Å². The van der Waals surface area contributed by atoms with Crippen LogP contribution in [0.15, 0.2) is 9.59 Å². The summed E-state index contributed by atoms with van der Waals surface area (Å²) in [7, 11) is 0. The molecule has 88 valence electrons. The summed E-state index contributed by atoms with van der Waals surface area (Å²) in [5.74, 6) is 0. The van der Waals surface area contributed by atoms with Crippen LogP contribution in [0.4, 0.5) is 0 Å². The minimum Gasteiger partial charge on any atom is -0.297 e. The Labute approximate surface area is 98.3 Å². The molecule has 0 spiro atoms. The summed E-state index contributed by atoms with van der Waals surface area (Å²) >= 11 is 5.82. The van der Waals surface area contributed by atoms with Crippen LogP contribution in [0.1, 0.15) is 32.3 Å². The van der Waals surface area contributed by atoms with E-state index in [4.69, 9.17) is 11.6 Å². The van der Waals surface area contributed by atoms with Gasteiger partial charge in [0.05, 0.1) is 5.56 Å². The average Bonchev–Trinajstić information content (AvgIpc) is 2.92. The number of H-pyrrole nitrogens is 1. The molecule has 0 radical (unpaired) electrons. The first-order chi connectivity index (χ1) is 7.47. The maximum absolute atomic E-state index is 12.0. The molecule has 2 rings (SSSR count). The second-order valence-corrected chi connectivity index (χ2v) is 5.16. The molecule has 1 aromatic rings. The van der Waals surface area contributed by atoms with Gasteiger partial charge in [-0.25, -0.2) is 4.79 Å². The zero-order chi connectivity index (χ0) is 11.9. The highest BCUT2D eigenvalue weighted by Gasteiger charge is 2.38. The van der Waals surface area contributed by atoms with Gasteiger partial charge >= 0.3 is 5.69 Å². The Morgan fingerprint density at radius 3 is 2.56 bits per heavy atom. The van der Waals surface area contributed by atoms with Crippen molar-refractivity contribution in [3.63, 3.8) is 0 Å². The minimum absolute atomic E-state index is 0.121. The van der Waals surface area contributed by atoms with Crippen LogP contribution in [0.5, 0.6) is 0 Å². The Morgan fingerprint density at radius 2 is 2.06 bits per heavy atom. The molecule has 0 saturated heterocycles. The minimum atomic E-state index is -0.402. The Kier molecular flexibility index (Phi) is 2.70. The second-order valence-electron chi connectivity index (χ2n) is 4.78. The van der Waals surface area contributed by atoms with Gasteiger partial charge in [-0.3, -0.25) is 14.3 Å². The molecule has 5 heteroatoms. The number of rotatable bonds is 3. The molecule has 1 aliphatic rings. The molecule has 1 fully saturated rings. The van der Waals surface area contributed by atoms with Gasteiger partial charge in [0.15, 0.2) is 0 Å². The first-order valence-corrected chi connectivity index (χ1v) is 5.86. The Morgan fingerprint density at radius 1 is 1.44 bits per heavy atom. The molecule has 16 heavy (non-hydrogen) atoms. The molecular formula is C11H15ClN2O2. The summed E-state index contributed by atoms with van der Waals surface area (Å²) in [5.41, 5.74) is -0.0365. The number of nitrogens with zero attached hydrogens (tertiary/aromatic N) is 1. The van der Waals surface area contributed by atoms with Crippen LogP contribution in [0, 0.1) is 5.41 Å². The normalized spacial score (nSPS) is 17.4. The lowest BCUT2D eigenvalue weighted by Gasteiger charge is -2.11. The fourth-order valence-corrected chi connectivity index (χ4v) is 2.08. The highest BCUT2D eigenvalue weighted by molar-refractivity contribution is 6.30. The molecule has 0 aromatic carbocycles. The highest BCUT2D eigenvalue weighted by atomic mass is 35.5. The topological polar surface area (TPSA) is 54.9 Å². The molecule has 0 bridgehead atoms. The third kappa shape index (κ3) is 1.94. The molecule has 4 nitrogen and oxygen atoms in total. The molecule has 0 aliphatic heterocycles. The number of hydrogen-bond acceptors (Lipinski definition) is 2. The van der Waals surface area contributed by atoms with Crippen molar-refractivity contribution in [1.82, 2.24) is 9.55 Å². The molecule has 1 N–H and O–H groups in total. The van der Waals surface area contributed by atoms with Gasteiger partial charge in [0.2, 0.25) is 0 Å². The Hall–Kier alpha value is -1.03. The standard InChI is InChI=1S/C11H15ClN2O2/c1-3-7-8(12)13-10(16)14(9(7)15)6-11(2)4-5-11/h3-6H2,1-2H3,(H,13,16). The zero-order valence-electron chi connectivity index (χ0n) is 9.47. The van der Waals surface area contributed by atoms with E-state index in [1.165, 1.54) is 4.57 Å². The number of aromatic nitrogens is 2. The Bertz CT molecular complexity index is 526. The predicted octanol–water partition coefficient (Wildman–Crippen LogP) is 1.55. The van der Waals surface area contributed by atoms with Gasteiger partial charge in [-0.05, 0) is 24.7 Å². The third-order valence-electron chi connectivity index (χ3n) is 3.23. The van der Waals surface area contributed by atoms with Crippen molar-refractivity contribution in [3.05, 3.63) is 31.6 Å². The highest BCUT2D eigenvalue weighted by Crippen LogP contribution is 2.45. The quantitative estimate of drug-likeness (QED) is 0.818. The van der Waals surface area contributed by atoms with Crippen LogP contribution in [-0.4, -0.2) is 9.55 Å². The molecule has 1 aliphatic carbocycles. The maximum atomic E-state index is 12.0. The van der Waals surface area contributed by atoms with Gasteiger partial charge in [0.25, 0.3) is 5.56 Å². The van der Waals surface area contributed by atoms with E-state index in [-0.39, 0.29) is 16.1 Å². The summed E-state index contributed by atoms with van der Waals surface area (Å²) in [5, 5.41) is 0.176. The van der Waals surface area contributed by atoms with E-state index in [2.05, 4.69) is 11.9 Å². The van der Waals surface area contributed by atoms with Crippen molar-refractivity contribution in [3.8, 4) is 0 Å². The fourth-order valence-electron chi connectivity index (χ4n) is 1.79. The maximum Gasteiger partial charge on any atom is 0.329 e. The molecule has 0 amide bonds. The van der Waals surface area contributed by atoms with Crippen LogP contribution in [-0.2, 0) is 13.0 Å². The van der Waals surface area contributed by atoms with E-state index < -0.39 is 5.69 Å². The number of halogens is 1. The average molecular weight is 243 g/mol. The third-order valence-corrected chi connectivity index (χ3v) is 3.55. The van der Waals surface area contributed by atoms with Gasteiger partial charge in [-0.2, -0.15) is 0 Å². The van der Waals surface area contributed by atoms with E-state index >= 15 is 0 Å².